The highest BCUT2D eigenvalue weighted by atomic mass is 35.5. The lowest BCUT2D eigenvalue weighted by Gasteiger charge is -2.59. The molecular formula is C30H28ClN5O2S. The number of hydrogen-bond donors (Lipinski definition) is 1. The fourth-order valence-electron chi connectivity index (χ4n) is 6.49. The number of anilines is 1. The van der Waals surface area contributed by atoms with Gasteiger partial charge in [-0.2, -0.15) is 5.10 Å². The Hall–Kier alpha value is -3.46. The second kappa shape index (κ2) is 8.78. The highest BCUT2D eigenvalue weighted by Crippen LogP contribution is 2.44. The molecule has 2 aromatic heterocycles. The molecule has 0 aliphatic carbocycles. The smallest absolute Gasteiger partial charge is 0.307 e. The molecule has 7 nitrogen and oxygen atoms in total. The number of hydrogen-bond acceptors (Lipinski definition) is 6. The summed E-state index contributed by atoms with van der Waals surface area (Å²) in [6.45, 7) is 6.37. The van der Waals surface area contributed by atoms with Gasteiger partial charge < -0.3 is 14.9 Å². The Morgan fingerprint density at radius 2 is 1.77 bits per heavy atom. The van der Waals surface area contributed by atoms with Gasteiger partial charge in [-0.05, 0) is 67.1 Å². The molecule has 3 aromatic carbocycles. The summed E-state index contributed by atoms with van der Waals surface area (Å²) in [6.07, 6.45) is -0.0505. The van der Waals surface area contributed by atoms with Gasteiger partial charge in [0.25, 0.3) is 0 Å². The Labute approximate surface area is 235 Å². The molecule has 2 aliphatic rings. The number of benzene rings is 3. The molecule has 1 N–H and O–H groups in total. The largest absolute Gasteiger partial charge is 0.481 e. The third-order valence-corrected chi connectivity index (χ3v) is 9.50. The van der Waals surface area contributed by atoms with E-state index in [0.717, 1.165) is 85.9 Å². The third kappa shape index (κ3) is 4.01. The lowest BCUT2D eigenvalue weighted by Crippen LogP contribution is -2.71. The number of halogens is 1. The van der Waals surface area contributed by atoms with Crippen molar-refractivity contribution in [1.29, 1.82) is 0 Å². The third-order valence-electron chi connectivity index (χ3n) is 8.11. The molecule has 2 fully saturated rings. The van der Waals surface area contributed by atoms with E-state index in [2.05, 4.69) is 35.0 Å². The molecule has 9 heteroatoms. The Morgan fingerprint density at radius 3 is 2.46 bits per heavy atom. The van der Waals surface area contributed by atoms with E-state index in [9.17, 15) is 9.90 Å². The highest BCUT2D eigenvalue weighted by Gasteiger charge is 2.51. The van der Waals surface area contributed by atoms with Crippen molar-refractivity contribution in [2.24, 2.45) is 12.5 Å². The van der Waals surface area contributed by atoms with Gasteiger partial charge in [0.05, 0.1) is 22.2 Å². The van der Waals surface area contributed by atoms with Crippen molar-refractivity contribution in [2.75, 3.05) is 38.1 Å². The van der Waals surface area contributed by atoms with Crippen LogP contribution in [-0.2, 0) is 18.3 Å². The number of fused-ring (bicyclic) bond motifs is 2. The van der Waals surface area contributed by atoms with E-state index in [1.165, 1.54) is 0 Å². The van der Waals surface area contributed by atoms with Gasteiger partial charge >= 0.3 is 5.97 Å². The maximum Gasteiger partial charge on any atom is 0.307 e. The number of rotatable bonds is 5. The molecule has 0 amide bonds. The monoisotopic (exact) mass is 557 g/mol. The zero-order valence-electron chi connectivity index (χ0n) is 22.0. The molecular weight excluding hydrogens is 530 g/mol. The van der Waals surface area contributed by atoms with Crippen LogP contribution >= 0.6 is 22.9 Å². The number of carboxylic acid groups (broad SMARTS) is 1. The van der Waals surface area contributed by atoms with Gasteiger partial charge in [-0.1, -0.05) is 23.7 Å². The second-order valence-corrected chi connectivity index (χ2v) is 12.6. The van der Waals surface area contributed by atoms with Gasteiger partial charge in [-0.15, -0.1) is 11.3 Å². The van der Waals surface area contributed by atoms with Gasteiger partial charge in [-0.3, -0.25) is 9.48 Å². The SMILES string of the molecule is Cc1cc2nc(-c3ccc4c(c3)c(N3CC5(CN(C)C5)C3)nn4C)sc2c(-c2ccc(Cl)cc2)c1CC(=O)O. The van der Waals surface area contributed by atoms with Crippen molar-refractivity contribution in [1.82, 2.24) is 19.7 Å². The predicted molar refractivity (Wildman–Crippen MR) is 158 cm³/mol. The van der Waals surface area contributed by atoms with Crippen LogP contribution < -0.4 is 4.90 Å². The van der Waals surface area contributed by atoms with E-state index in [1.54, 1.807) is 11.3 Å². The van der Waals surface area contributed by atoms with E-state index in [0.29, 0.717) is 10.4 Å². The minimum absolute atomic E-state index is 0.0505. The van der Waals surface area contributed by atoms with Crippen molar-refractivity contribution < 1.29 is 9.90 Å². The van der Waals surface area contributed by atoms with Crippen LogP contribution in [0.2, 0.25) is 5.02 Å². The molecule has 0 bridgehead atoms. The van der Waals surface area contributed by atoms with Crippen molar-refractivity contribution in [2.45, 2.75) is 13.3 Å². The number of thiazole rings is 1. The number of aromatic nitrogens is 3. The molecule has 39 heavy (non-hydrogen) atoms. The van der Waals surface area contributed by atoms with Crippen molar-refractivity contribution in [3.8, 4) is 21.7 Å². The first-order valence-corrected chi connectivity index (χ1v) is 14.2. The maximum atomic E-state index is 11.8. The standard InChI is InChI=1S/C30H28ClN5O2S/c1-17-10-23-27(26(21(17)12-25(37)38)18-4-7-20(31)8-5-18)39-29(32-23)19-6-9-24-22(11-19)28(33-35(24)3)36-15-30(16-36)13-34(2)14-30/h4-11H,12-16H2,1-3H3,(H,37,38). The summed E-state index contributed by atoms with van der Waals surface area (Å²) in [7, 11) is 4.18. The first-order valence-electron chi connectivity index (χ1n) is 13.0. The number of nitrogens with zero attached hydrogens (tertiary/aromatic N) is 5. The summed E-state index contributed by atoms with van der Waals surface area (Å²) >= 11 is 7.78. The molecule has 0 atom stereocenters. The van der Waals surface area contributed by atoms with Gasteiger partial charge in [0, 0.05) is 60.2 Å². The molecule has 5 aromatic rings. The highest BCUT2D eigenvalue weighted by molar-refractivity contribution is 7.22. The molecule has 2 aliphatic heterocycles. The molecule has 0 radical (unpaired) electrons. The van der Waals surface area contributed by atoms with Crippen LogP contribution in [0.4, 0.5) is 5.82 Å². The van der Waals surface area contributed by atoms with Crippen LogP contribution in [0, 0.1) is 12.3 Å². The number of carbonyl (C=O) groups is 1. The van der Waals surface area contributed by atoms with E-state index >= 15 is 0 Å². The molecule has 0 saturated carbocycles. The van der Waals surface area contributed by atoms with Crippen LogP contribution in [0.15, 0.2) is 48.5 Å². The average molecular weight is 558 g/mol. The molecule has 4 heterocycles. The summed E-state index contributed by atoms with van der Waals surface area (Å²) in [4.78, 5) is 21.6. The van der Waals surface area contributed by atoms with Crippen LogP contribution in [0.5, 0.6) is 0 Å². The topological polar surface area (TPSA) is 74.5 Å². The number of aliphatic carboxylic acids is 1. The Morgan fingerprint density at radius 1 is 1.05 bits per heavy atom. The van der Waals surface area contributed by atoms with Crippen LogP contribution in [0.25, 0.3) is 42.8 Å². The van der Waals surface area contributed by atoms with E-state index in [1.807, 2.05) is 49.0 Å². The normalized spacial score (nSPS) is 16.7. The van der Waals surface area contributed by atoms with Crippen molar-refractivity contribution in [3.05, 3.63) is 64.7 Å². The van der Waals surface area contributed by atoms with E-state index in [-0.39, 0.29) is 6.42 Å². The fraction of sp³-hybridized carbons (Fsp3) is 0.300. The summed E-state index contributed by atoms with van der Waals surface area (Å²) in [5.41, 5.74) is 7.03. The quantitative estimate of drug-likeness (QED) is 0.292. The molecule has 198 valence electrons. The van der Waals surface area contributed by atoms with E-state index in [4.69, 9.17) is 21.7 Å². The summed E-state index contributed by atoms with van der Waals surface area (Å²) < 4.78 is 2.95. The van der Waals surface area contributed by atoms with Crippen LogP contribution in [0.3, 0.4) is 0 Å². The van der Waals surface area contributed by atoms with Crippen molar-refractivity contribution in [3.63, 3.8) is 0 Å². The molecule has 0 unspecified atom stereocenters. The molecule has 1 spiro atoms. The average Bonchev–Trinajstić information content (AvgIpc) is 3.42. The maximum absolute atomic E-state index is 11.8. The Bertz CT molecular complexity index is 1780. The lowest BCUT2D eigenvalue weighted by molar-refractivity contribution is -0.136. The van der Waals surface area contributed by atoms with Gasteiger partial charge in [0.2, 0.25) is 0 Å². The summed E-state index contributed by atoms with van der Waals surface area (Å²) in [5, 5.41) is 17.3. The van der Waals surface area contributed by atoms with Gasteiger partial charge in [0.1, 0.15) is 5.01 Å². The zero-order chi connectivity index (χ0) is 27.1. The Balaban J connectivity index is 1.34. The van der Waals surface area contributed by atoms with E-state index < -0.39 is 5.97 Å². The minimum atomic E-state index is -0.853. The first kappa shape index (κ1) is 24.6. The first-order chi connectivity index (χ1) is 18.7. The van der Waals surface area contributed by atoms with Gasteiger partial charge in [0.15, 0.2) is 5.82 Å². The Kier molecular flexibility index (Phi) is 5.53. The summed E-state index contributed by atoms with van der Waals surface area (Å²) in [6, 6.07) is 16.0. The van der Waals surface area contributed by atoms with Crippen molar-refractivity contribution >= 4 is 55.8 Å². The van der Waals surface area contributed by atoms with Crippen LogP contribution in [-0.4, -0.2) is 64.0 Å². The van der Waals surface area contributed by atoms with Gasteiger partial charge in [-0.25, -0.2) is 4.98 Å². The predicted octanol–water partition coefficient (Wildman–Crippen LogP) is 5.86. The zero-order valence-corrected chi connectivity index (χ0v) is 23.6. The number of carboxylic acids is 1. The van der Waals surface area contributed by atoms with Crippen LogP contribution in [0.1, 0.15) is 11.1 Å². The number of likely N-dealkylation sites (tertiary alicyclic amines) is 1. The minimum Gasteiger partial charge on any atom is -0.481 e. The lowest BCUT2D eigenvalue weighted by atomic mass is 9.73. The molecule has 2 saturated heterocycles. The summed E-state index contributed by atoms with van der Waals surface area (Å²) in [5.74, 6) is 0.186. The second-order valence-electron chi connectivity index (χ2n) is 11.2. The number of aryl methyl sites for hydroxylation is 2. The molecule has 7 rings (SSSR count). The fourth-order valence-corrected chi connectivity index (χ4v) is 7.75.